The van der Waals surface area contributed by atoms with Gasteiger partial charge in [0.2, 0.25) is 5.95 Å². The first-order valence-corrected chi connectivity index (χ1v) is 5.44. The zero-order valence-electron chi connectivity index (χ0n) is 8.98. The van der Waals surface area contributed by atoms with Crippen LogP contribution in [0.1, 0.15) is 25.7 Å². The van der Waals surface area contributed by atoms with Crippen LogP contribution in [0.3, 0.4) is 0 Å². The maximum absolute atomic E-state index is 4.07. The number of hydrogen-bond donors (Lipinski definition) is 2. The van der Waals surface area contributed by atoms with Crippen molar-refractivity contribution < 1.29 is 0 Å². The van der Waals surface area contributed by atoms with E-state index in [1.54, 1.807) is 0 Å². The maximum atomic E-state index is 4.07. The third-order valence-electron chi connectivity index (χ3n) is 2.91. The fourth-order valence-electron chi connectivity index (χ4n) is 2.08. The summed E-state index contributed by atoms with van der Waals surface area (Å²) in [6.07, 6.45) is 7.91. The summed E-state index contributed by atoms with van der Waals surface area (Å²) < 4.78 is 0. The molecular formula is C10H17N5. The van der Waals surface area contributed by atoms with Gasteiger partial charge in [-0.3, -0.25) is 0 Å². The lowest BCUT2D eigenvalue weighted by Crippen LogP contribution is -2.37. The fraction of sp³-hybridized carbons (Fsp3) is 0.700. The molecule has 5 nitrogen and oxygen atoms in total. The molecule has 1 saturated carbocycles. The minimum absolute atomic E-state index is 0.485. The van der Waals surface area contributed by atoms with Crippen LogP contribution in [-0.4, -0.2) is 34.1 Å². The molecule has 2 rings (SSSR count). The highest BCUT2D eigenvalue weighted by Crippen LogP contribution is 2.20. The van der Waals surface area contributed by atoms with E-state index in [9.17, 15) is 0 Å². The number of hydrogen-bond acceptors (Lipinski definition) is 5. The summed E-state index contributed by atoms with van der Waals surface area (Å²) in [5.41, 5.74) is 0. The standard InChI is InChI=1S/C10H17N5/c1-11-8-3-2-4-9(5-8)15-10-13-6-12-7-14-10/h6-9,11H,2-5H2,1H3,(H,12,13,14,15). The summed E-state index contributed by atoms with van der Waals surface area (Å²) in [4.78, 5) is 11.9. The lowest BCUT2D eigenvalue weighted by Gasteiger charge is -2.29. The van der Waals surface area contributed by atoms with Gasteiger partial charge in [-0.2, -0.15) is 0 Å². The third-order valence-corrected chi connectivity index (χ3v) is 2.91. The summed E-state index contributed by atoms with van der Waals surface area (Å²) in [6.45, 7) is 0. The highest BCUT2D eigenvalue weighted by Gasteiger charge is 2.20. The van der Waals surface area contributed by atoms with Crippen LogP contribution in [-0.2, 0) is 0 Å². The second-order valence-electron chi connectivity index (χ2n) is 3.96. The topological polar surface area (TPSA) is 62.7 Å². The van der Waals surface area contributed by atoms with Crippen LogP contribution < -0.4 is 10.6 Å². The van der Waals surface area contributed by atoms with Crippen molar-refractivity contribution in [2.24, 2.45) is 0 Å². The summed E-state index contributed by atoms with van der Waals surface area (Å²) in [6, 6.07) is 1.11. The SMILES string of the molecule is CNC1CCCC(Nc2ncncn2)C1. The van der Waals surface area contributed by atoms with Gasteiger partial charge in [0.1, 0.15) is 12.7 Å². The van der Waals surface area contributed by atoms with Crippen molar-refractivity contribution in [2.75, 3.05) is 12.4 Å². The van der Waals surface area contributed by atoms with Crippen molar-refractivity contribution in [1.82, 2.24) is 20.3 Å². The molecular weight excluding hydrogens is 190 g/mol. The van der Waals surface area contributed by atoms with Crippen LogP contribution in [0.4, 0.5) is 5.95 Å². The molecule has 2 atom stereocenters. The first-order chi connectivity index (χ1) is 7.38. The lowest BCUT2D eigenvalue weighted by atomic mass is 9.91. The summed E-state index contributed by atoms with van der Waals surface area (Å²) in [5, 5.41) is 6.67. The van der Waals surface area contributed by atoms with E-state index < -0.39 is 0 Å². The minimum Gasteiger partial charge on any atom is -0.351 e. The molecule has 0 aliphatic heterocycles. The largest absolute Gasteiger partial charge is 0.351 e. The van der Waals surface area contributed by atoms with E-state index >= 15 is 0 Å². The second kappa shape index (κ2) is 5.02. The van der Waals surface area contributed by atoms with Gasteiger partial charge < -0.3 is 10.6 Å². The molecule has 82 valence electrons. The van der Waals surface area contributed by atoms with E-state index in [0.29, 0.717) is 18.0 Å². The van der Waals surface area contributed by atoms with Crippen LogP contribution in [0, 0.1) is 0 Å². The Kier molecular flexibility index (Phi) is 3.45. The lowest BCUT2D eigenvalue weighted by molar-refractivity contribution is 0.368. The molecule has 0 saturated heterocycles. The quantitative estimate of drug-likeness (QED) is 0.768. The van der Waals surface area contributed by atoms with E-state index in [0.717, 1.165) is 6.42 Å². The number of rotatable bonds is 3. The highest BCUT2D eigenvalue weighted by molar-refractivity contribution is 5.23. The molecule has 2 N–H and O–H groups in total. The molecule has 0 radical (unpaired) electrons. The zero-order chi connectivity index (χ0) is 10.5. The average molecular weight is 207 g/mol. The third kappa shape index (κ3) is 2.86. The van der Waals surface area contributed by atoms with Gasteiger partial charge in [0, 0.05) is 12.1 Å². The molecule has 0 amide bonds. The smallest absolute Gasteiger partial charge is 0.225 e. The molecule has 15 heavy (non-hydrogen) atoms. The molecule has 1 fully saturated rings. The van der Waals surface area contributed by atoms with E-state index in [-0.39, 0.29) is 0 Å². The van der Waals surface area contributed by atoms with Crippen LogP contribution >= 0.6 is 0 Å². The molecule has 5 heteroatoms. The Bertz CT molecular complexity index is 289. The first-order valence-electron chi connectivity index (χ1n) is 5.44. The zero-order valence-corrected chi connectivity index (χ0v) is 8.98. The van der Waals surface area contributed by atoms with Crippen molar-refractivity contribution in [3.05, 3.63) is 12.7 Å². The van der Waals surface area contributed by atoms with Crippen LogP contribution in [0.25, 0.3) is 0 Å². The highest BCUT2D eigenvalue weighted by atomic mass is 15.1. The van der Waals surface area contributed by atoms with Crippen molar-refractivity contribution >= 4 is 5.95 Å². The Hall–Kier alpha value is -1.23. The fourth-order valence-corrected chi connectivity index (χ4v) is 2.08. The van der Waals surface area contributed by atoms with Crippen molar-refractivity contribution in [1.29, 1.82) is 0 Å². The first kappa shape index (κ1) is 10.3. The van der Waals surface area contributed by atoms with Gasteiger partial charge in [0.25, 0.3) is 0 Å². The number of nitrogens with one attached hydrogen (secondary N) is 2. The van der Waals surface area contributed by atoms with Crippen molar-refractivity contribution in [2.45, 2.75) is 37.8 Å². The van der Waals surface area contributed by atoms with Gasteiger partial charge in [-0.15, -0.1) is 0 Å². The van der Waals surface area contributed by atoms with E-state index in [2.05, 4.69) is 25.6 Å². The van der Waals surface area contributed by atoms with Gasteiger partial charge in [0.15, 0.2) is 0 Å². The molecule has 1 heterocycles. The van der Waals surface area contributed by atoms with Gasteiger partial charge in [0.05, 0.1) is 0 Å². The normalized spacial score (nSPS) is 26.2. The molecule has 1 aromatic heterocycles. The Labute approximate surface area is 89.7 Å². The summed E-state index contributed by atoms with van der Waals surface area (Å²) in [7, 11) is 2.02. The van der Waals surface area contributed by atoms with E-state index in [4.69, 9.17) is 0 Å². The maximum Gasteiger partial charge on any atom is 0.225 e. The van der Waals surface area contributed by atoms with Crippen LogP contribution in [0.2, 0.25) is 0 Å². The van der Waals surface area contributed by atoms with E-state index in [1.165, 1.54) is 31.9 Å². The number of nitrogens with zero attached hydrogens (tertiary/aromatic N) is 3. The average Bonchev–Trinajstić information content (AvgIpc) is 2.31. The summed E-state index contributed by atoms with van der Waals surface area (Å²) in [5.74, 6) is 0.687. The Balaban J connectivity index is 1.89. The minimum atomic E-state index is 0.485. The van der Waals surface area contributed by atoms with E-state index in [1.807, 2.05) is 7.05 Å². The number of anilines is 1. The second-order valence-corrected chi connectivity index (χ2v) is 3.96. The molecule has 0 aromatic carbocycles. The molecule has 2 unspecified atom stereocenters. The van der Waals surface area contributed by atoms with Gasteiger partial charge >= 0.3 is 0 Å². The van der Waals surface area contributed by atoms with Crippen molar-refractivity contribution in [3.63, 3.8) is 0 Å². The summed E-state index contributed by atoms with van der Waals surface area (Å²) >= 11 is 0. The molecule has 1 aliphatic rings. The Morgan fingerprint density at radius 2 is 1.93 bits per heavy atom. The molecule has 0 spiro atoms. The van der Waals surface area contributed by atoms with Gasteiger partial charge in [-0.1, -0.05) is 0 Å². The number of aromatic nitrogens is 3. The monoisotopic (exact) mass is 207 g/mol. The molecule has 1 aromatic rings. The van der Waals surface area contributed by atoms with Crippen LogP contribution in [0.15, 0.2) is 12.7 Å². The van der Waals surface area contributed by atoms with Gasteiger partial charge in [-0.05, 0) is 32.7 Å². The predicted molar refractivity (Wildman–Crippen MR) is 58.6 cm³/mol. The molecule has 0 bridgehead atoms. The Morgan fingerprint density at radius 1 is 1.20 bits per heavy atom. The van der Waals surface area contributed by atoms with Crippen LogP contribution in [0.5, 0.6) is 0 Å². The van der Waals surface area contributed by atoms with Crippen molar-refractivity contribution in [3.8, 4) is 0 Å². The predicted octanol–water partition coefficient (Wildman–Crippen LogP) is 0.814. The molecule has 1 aliphatic carbocycles. The van der Waals surface area contributed by atoms with Gasteiger partial charge in [-0.25, -0.2) is 15.0 Å². The Morgan fingerprint density at radius 3 is 2.67 bits per heavy atom.